The Hall–Kier alpha value is -2.04. The van der Waals surface area contributed by atoms with E-state index >= 15 is 0 Å². The topological polar surface area (TPSA) is 75.6 Å². The van der Waals surface area contributed by atoms with Crippen molar-refractivity contribution in [2.24, 2.45) is 5.41 Å². The number of hydrogen-bond acceptors (Lipinski definition) is 3. The Morgan fingerprint density at radius 2 is 1.95 bits per heavy atom. The summed E-state index contributed by atoms with van der Waals surface area (Å²) in [4.78, 5) is 22.7. The van der Waals surface area contributed by atoms with Crippen LogP contribution in [-0.2, 0) is 9.53 Å². The molecule has 3 atom stereocenters. The molecule has 2 unspecified atom stereocenters. The summed E-state index contributed by atoms with van der Waals surface area (Å²) < 4.78 is 5.36. The summed E-state index contributed by atoms with van der Waals surface area (Å²) in [6, 6.07) is 9.32. The van der Waals surface area contributed by atoms with E-state index in [2.05, 4.69) is 26.1 Å². The van der Waals surface area contributed by atoms with Gasteiger partial charge in [-0.3, -0.25) is 4.79 Å². The first-order chi connectivity index (χ1) is 10.3. The van der Waals surface area contributed by atoms with E-state index in [9.17, 15) is 14.7 Å². The van der Waals surface area contributed by atoms with Crippen LogP contribution in [-0.4, -0.2) is 29.3 Å². The first-order valence-electron chi connectivity index (χ1n) is 7.53. The van der Waals surface area contributed by atoms with E-state index in [4.69, 9.17) is 4.74 Å². The fraction of sp³-hybridized carbons (Fsp3) is 0.529. The Morgan fingerprint density at radius 3 is 2.41 bits per heavy atom. The third kappa shape index (κ3) is 3.78. The lowest BCUT2D eigenvalue weighted by Gasteiger charge is -2.39. The van der Waals surface area contributed by atoms with E-state index in [1.54, 1.807) is 0 Å². The Bertz CT molecular complexity index is 535. The molecule has 2 rings (SSSR count). The molecule has 1 saturated heterocycles. The maximum atomic E-state index is 11.5. The molecule has 22 heavy (non-hydrogen) atoms. The van der Waals surface area contributed by atoms with E-state index in [0.29, 0.717) is 12.8 Å². The normalized spacial score (nSPS) is 21.0. The van der Waals surface area contributed by atoms with E-state index in [0.717, 1.165) is 5.56 Å². The van der Waals surface area contributed by atoms with Crippen LogP contribution in [0.5, 0.6) is 0 Å². The minimum Gasteiger partial charge on any atom is -0.465 e. The molecule has 1 fully saturated rings. The highest BCUT2D eigenvalue weighted by atomic mass is 16.6. The van der Waals surface area contributed by atoms with Gasteiger partial charge in [-0.15, -0.1) is 0 Å². The van der Waals surface area contributed by atoms with Gasteiger partial charge < -0.3 is 15.2 Å². The summed E-state index contributed by atoms with van der Waals surface area (Å²) in [5.74, 6) is -0.358. The summed E-state index contributed by atoms with van der Waals surface area (Å²) >= 11 is 0. The third-order valence-corrected chi connectivity index (χ3v) is 4.06. The molecule has 1 aromatic carbocycles. The fourth-order valence-electron chi connectivity index (χ4n) is 3.24. The van der Waals surface area contributed by atoms with Crippen LogP contribution >= 0.6 is 0 Å². The van der Waals surface area contributed by atoms with Gasteiger partial charge in [0.05, 0.1) is 6.04 Å². The van der Waals surface area contributed by atoms with Crippen LogP contribution in [0.4, 0.5) is 4.79 Å². The van der Waals surface area contributed by atoms with Crippen LogP contribution in [0.1, 0.15) is 45.1 Å². The van der Waals surface area contributed by atoms with Gasteiger partial charge in [0.2, 0.25) is 0 Å². The van der Waals surface area contributed by atoms with Crippen LogP contribution in [0.3, 0.4) is 0 Å². The molecular weight excluding hydrogens is 282 g/mol. The zero-order valence-electron chi connectivity index (χ0n) is 13.2. The van der Waals surface area contributed by atoms with Crippen molar-refractivity contribution >= 4 is 12.1 Å². The Morgan fingerprint density at radius 1 is 1.32 bits per heavy atom. The molecule has 1 amide bonds. The number of carbonyl (C=O) groups is 2. The number of nitrogens with one attached hydrogen (secondary N) is 1. The maximum Gasteiger partial charge on any atom is 0.405 e. The van der Waals surface area contributed by atoms with Crippen LogP contribution in [0, 0.1) is 5.41 Å². The Kier molecular flexibility index (Phi) is 4.74. The molecule has 1 aliphatic heterocycles. The molecule has 0 aromatic heterocycles. The molecule has 120 valence electrons. The van der Waals surface area contributed by atoms with Crippen molar-refractivity contribution in [2.75, 3.05) is 0 Å². The van der Waals surface area contributed by atoms with Gasteiger partial charge in [0.1, 0.15) is 6.10 Å². The van der Waals surface area contributed by atoms with Gasteiger partial charge in [0.25, 0.3) is 0 Å². The van der Waals surface area contributed by atoms with E-state index in [1.807, 2.05) is 30.3 Å². The predicted molar refractivity (Wildman–Crippen MR) is 82.7 cm³/mol. The zero-order chi connectivity index (χ0) is 16.3. The van der Waals surface area contributed by atoms with Gasteiger partial charge in [-0.05, 0) is 17.4 Å². The van der Waals surface area contributed by atoms with Crippen LogP contribution in [0.15, 0.2) is 30.3 Å². The Balaban J connectivity index is 2.39. The van der Waals surface area contributed by atoms with Gasteiger partial charge in [-0.2, -0.15) is 0 Å². The van der Waals surface area contributed by atoms with Gasteiger partial charge in [0.15, 0.2) is 0 Å². The lowest BCUT2D eigenvalue weighted by Crippen LogP contribution is -2.50. The molecule has 5 heteroatoms. The summed E-state index contributed by atoms with van der Waals surface area (Å²) in [6.07, 6.45) is -0.636. The number of ether oxygens (including phenoxy) is 1. The summed E-state index contributed by atoms with van der Waals surface area (Å²) in [6.45, 7) is 6.20. The smallest absolute Gasteiger partial charge is 0.405 e. The minimum absolute atomic E-state index is 0.0966. The van der Waals surface area contributed by atoms with Crippen molar-refractivity contribution in [3.05, 3.63) is 35.9 Å². The first kappa shape index (κ1) is 16.3. The minimum atomic E-state index is -1.10. The average Bonchev–Trinajstić information content (AvgIpc) is 2.84. The SMILES string of the molecule is CC(C)(C)C(c1ccccc1)[C@H](NC(=O)O)C1CCC(=O)O1. The maximum absolute atomic E-state index is 11.5. The molecule has 0 aliphatic carbocycles. The van der Waals surface area contributed by atoms with Crippen molar-refractivity contribution in [1.29, 1.82) is 0 Å². The lowest BCUT2D eigenvalue weighted by molar-refractivity contribution is -0.142. The monoisotopic (exact) mass is 305 g/mol. The highest BCUT2D eigenvalue weighted by Crippen LogP contribution is 2.40. The molecule has 0 saturated carbocycles. The number of benzene rings is 1. The van der Waals surface area contributed by atoms with E-state index < -0.39 is 18.2 Å². The number of hydrogen-bond donors (Lipinski definition) is 2. The number of carboxylic acid groups (broad SMARTS) is 1. The van der Waals surface area contributed by atoms with Gasteiger partial charge in [0, 0.05) is 12.3 Å². The third-order valence-electron chi connectivity index (χ3n) is 4.06. The average molecular weight is 305 g/mol. The van der Waals surface area contributed by atoms with Crippen molar-refractivity contribution < 1.29 is 19.4 Å². The van der Waals surface area contributed by atoms with Crippen LogP contribution in [0.2, 0.25) is 0 Å². The van der Waals surface area contributed by atoms with Crippen molar-refractivity contribution in [1.82, 2.24) is 5.32 Å². The predicted octanol–water partition coefficient (Wildman–Crippen LogP) is 3.16. The van der Waals surface area contributed by atoms with Crippen LogP contribution in [0.25, 0.3) is 0 Å². The Labute approximate surface area is 130 Å². The summed E-state index contributed by atoms with van der Waals surface area (Å²) in [7, 11) is 0. The number of rotatable bonds is 4. The quantitative estimate of drug-likeness (QED) is 0.838. The number of cyclic esters (lactones) is 1. The van der Waals surface area contributed by atoms with Gasteiger partial charge in [-0.1, -0.05) is 51.1 Å². The summed E-state index contributed by atoms with van der Waals surface area (Å²) in [5, 5.41) is 11.8. The standard InChI is InChI=1S/C17H23NO4/c1-17(2,3)14(11-7-5-4-6-8-11)15(18-16(20)21)12-9-10-13(19)22-12/h4-8,12,14-15,18H,9-10H2,1-3H3,(H,20,21)/t12?,14?,15-/m1/s1. The van der Waals surface area contributed by atoms with Crippen molar-refractivity contribution in [2.45, 2.75) is 51.7 Å². The van der Waals surface area contributed by atoms with Crippen molar-refractivity contribution in [3.63, 3.8) is 0 Å². The molecule has 0 bridgehead atoms. The van der Waals surface area contributed by atoms with Gasteiger partial charge >= 0.3 is 12.1 Å². The second-order valence-corrected chi connectivity index (χ2v) is 6.80. The zero-order valence-corrected chi connectivity index (χ0v) is 13.2. The molecule has 0 spiro atoms. The molecule has 0 radical (unpaired) electrons. The number of amides is 1. The molecule has 2 N–H and O–H groups in total. The second kappa shape index (κ2) is 6.38. The lowest BCUT2D eigenvalue weighted by atomic mass is 9.70. The molecule has 1 aliphatic rings. The fourth-order valence-corrected chi connectivity index (χ4v) is 3.24. The summed E-state index contributed by atoms with van der Waals surface area (Å²) in [5.41, 5.74) is 0.848. The largest absolute Gasteiger partial charge is 0.465 e. The number of esters is 1. The van der Waals surface area contributed by atoms with E-state index in [1.165, 1.54) is 0 Å². The molecule has 1 heterocycles. The van der Waals surface area contributed by atoms with Crippen molar-refractivity contribution in [3.8, 4) is 0 Å². The first-order valence-corrected chi connectivity index (χ1v) is 7.53. The molecular formula is C17H23NO4. The molecule has 5 nitrogen and oxygen atoms in total. The molecule has 1 aromatic rings. The number of carbonyl (C=O) groups excluding carboxylic acids is 1. The second-order valence-electron chi connectivity index (χ2n) is 6.80. The van der Waals surface area contributed by atoms with Gasteiger partial charge in [-0.25, -0.2) is 4.79 Å². The highest BCUT2D eigenvalue weighted by Gasteiger charge is 2.42. The van der Waals surface area contributed by atoms with E-state index in [-0.39, 0.29) is 17.3 Å². The highest BCUT2D eigenvalue weighted by molar-refractivity contribution is 5.72. The van der Waals surface area contributed by atoms with Crippen LogP contribution < -0.4 is 5.32 Å².